The van der Waals surface area contributed by atoms with E-state index >= 15 is 0 Å². The van der Waals surface area contributed by atoms with Crippen LogP contribution >= 0.6 is 0 Å². The van der Waals surface area contributed by atoms with Gasteiger partial charge in [0.25, 0.3) is 5.56 Å². The van der Waals surface area contributed by atoms with Gasteiger partial charge in [-0.05, 0) is 55.3 Å². The molecule has 1 aliphatic rings. The molecule has 1 N–H and O–H groups in total. The van der Waals surface area contributed by atoms with Crippen molar-refractivity contribution in [1.29, 1.82) is 0 Å². The number of hydrogen-bond acceptors (Lipinski definition) is 9. The van der Waals surface area contributed by atoms with Crippen molar-refractivity contribution in [2.24, 2.45) is 0 Å². The Bertz CT molecular complexity index is 1830. The predicted molar refractivity (Wildman–Crippen MR) is 167 cm³/mol. The summed E-state index contributed by atoms with van der Waals surface area (Å²) in [5, 5.41) is 4.17. The number of benzene rings is 2. The lowest BCUT2D eigenvalue weighted by molar-refractivity contribution is 0.0904. The molecule has 10 heteroatoms. The van der Waals surface area contributed by atoms with Gasteiger partial charge in [0, 0.05) is 54.5 Å². The normalized spacial score (nSPS) is 13.4. The summed E-state index contributed by atoms with van der Waals surface area (Å²) in [5.41, 5.74) is 2.14. The van der Waals surface area contributed by atoms with E-state index in [1.807, 2.05) is 36.4 Å². The third-order valence-electron chi connectivity index (χ3n) is 7.56. The fraction of sp³-hybridized carbons (Fsp3) is 0.235. The van der Waals surface area contributed by atoms with Gasteiger partial charge in [0.1, 0.15) is 17.1 Å². The van der Waals surface area contributed by atoms with Gasteiger partial charge in [0.05, 0.1) is 38.0 Å². The van der Waals surface area contributed by atoms with E-state index in [1.54, 1.807) is 63.1 Å². The quantitative estimate of drug-likeness (QED) is 0.207. The van der Waals surface area contributed by atoms with E-state index in [9.17, 15) is 9.59 Å². The van der Waals surface area contributed by atoms with Crippen LogP contribution in [0, 0.1) is 0 Å². The van der Waals surface area contributed by atoms with E-state index in [0.29, 0.717) is 58.8 Å². The minimum absolute atomic E-state index is 0.0496. The number of methoxy groups -OCH3 is 2. The van der Waals surface area contributed by atoms with Gasteiger partial charge in [-0.3, -0.25) is 24.1 Å². The molecule has 0 spiro atoms. The Labute approximate surface area is 254 Å². The second-order valence-corrected chi connectivity index (χ2v) is 10.4. The smallest absolute Gasteiger partial charge is 0.268 e. The van der Waals surface area contributed by atoms with Crippen LogP contribution in [0.5, 0.6) is 23.0 Å². The fourth-order valence-corrected chi connectivity index (χ4v) is 5.27. The highest BCUT2D eigenvalue weighted by Crippen LogP contribution is 2.36. The lowest BCUT2D eigenvalue weighted by atomic mass is 10.0. The molecule has 5 aromatic rings. The first-order valence-electron chi connectivity index (χ1n) is 14.4. The van der Waals surface area contributed by atoms with Crippen molar-refractivity contribution in [3.05, 3.63) is 107 Å². The summed E-state index contributed by atoms with van der Waals surface area (Å²) >= 11 is 0. The lowest BCUT2D eigenvalue weighted by Crippen LogP contribution is -2.32. The van der Waals surface area contributed by atoms with Crippen molar-refractivity contribution in [2.45, 2.75) is 25.3 Å². The summed E-state index contributed by atoms with van der Waals surface area (Å²) < 4.78 is 23.9. The molecular formula is C34H32N4O6. The molecule has 1 fully saturated rings. The first-order valence-corrected chi connectivity index (χ1v) is 14.4. The highest BCUT2D eigenvalue weighted by Gasteiger charge is 2.23. The van der Waals surface area contributed by atoms with Crippen molar-refractivity contribution >= 4 is 22.4 Å². The van der Waals surface area contributed by atoms with E-state index < -0.39 is 0 Å². The zero-order chi connectivity index (χ0) is 30.5. The highest BCUT2D eigenvalue weighted by atomic mass is 16.5. The van der Waals surface area contributed by atoms with Crippen molar-refractivity contribution in [3.63, 3.8) is 0 Å². The summed E-state index contributed by atoms with van der Waals surface area (Å²) in [5.74, 6) is 1.85. The van der Waals surface area contributed by atoms with E-state index in [4.69, 9.17) is 18.9 Å². The fourth-order valence-electron chi connectivity index (χ4n) is 5.27. The Balaban J connectivity index is 1.25. The van der Waals surface area contributed by atoms with E-state index in [0.717, 1.165) is 18.2 Å². The molecule has 10 nitrogen and oxygen atoms in total. The number of rotatable bonds is 10. The second kappa shape index (κ2) is 13.0. The Morgan fingerprint density at radius 3 is 2.45 bits per heavy atom. The molecule has 0 amide bonds. The number of ketones is 1. The first kappa shape index (κ1) is 28.9. The molecule has 0 bridgehead atoms. The molecule has 1 aliphatic heterocycles. The average Bonchev–Trinajstić information content (AvgIpc) is 3.06. The monoisotopic (exact) mass is 592 g/mol. The van der Waals surface area contributed by atoms with Crippen LogP contribution in [-0.4, -0.2) is 53.8 Å². The molecule has 44 heavy (non-hydrogen) atoms. The molecule has 1 saturated heterocycles. The van der Waals surface area contributed by atoms with Crippen LogP contribution in [-0.2, 0) is 11.2 Å². The maximum absolute atomic E-state index is 13.7. The highest BCUT2D eigenvalue weighted by molar-refractivity contribution is 6.02. The average molecular weight is 593 g/mol. The summed E-state index contributed by atoms with van der Waals surface area (Å²) in [6.45, 7) is 1.27. The van der Waals surface area contributed by atoms with Crippen molar-refractivity contribution < 1.29 is 23.7 Å². The van der Waals surface area contributed by atoms with Crippen LogP contribution in [0.3, 0.4) is 0 Å². The van der Waals surface area contributed by atoms with E-state index in [2.05, 4.69) is 15.3 Å². The molecule has 0 radical (unpaired) electrons. The van der Waals surface area contributed by atoms with Gasteiger partial charge in [0.2, 0.25) is 0 Å². The summed E-state index contributed by atoms with van der Waals surface area (Å²) in [6, 6.07) is 20.0. The van der Waals surface area contributed by atoms with E-state index in [1.165, 1.54) is 4.57 Å². The number of ether oxygens (including phenoxy) is 4. The predicted octanol–water partition coefficient (Wildman–Crippen LogP) is 5.61. The van der Waals surface area contributed by atoms with Crippen LogP contribution in [0.1, 0.15) is 28.9 Å². The number of nitrogens with zero attached hydrogens (tertiary/aromatic N) is 3. The number of nitrogens with one attached hydrogen (secondary N) is 1. The molecule has 0 unspecified atom stereocenters. The Kier molecular flexibility index (Phi) is 8.51. The molecule has 6 rings (SSSR count). The van der Waals surface area contributed by atoms with Crippen LogP contribution in [0.4, 0.5) is 5.69 Å². The van der Waals surface area contributed by atoms with Crippen molar-refractivity contribution in [1.82, 2.24) is 14.5 Å². The van der Waals surface area contributed by atoms with E-state index in [-0.39, 0.29) is 29.4 Å². The molecule has 0 saturated carbocycles. The zero-order valence-corrected chi connectivity index (χ0v) is 24.5. The molecule has 4 heterocycles. The van der Waals surface area contributed by atoms with Gasteiger partial charge in [-0.15, -0.1) is 0 Å². The number of anilines is 1. The molecule has 0 atom stereocenters. The maximum Gasteiger partial charge on any atom is 0.268 e. The molecule has 224 valence electrons. The topological polar surface area (TPSA) is 114 Å². The Morgan fingerprint density at radius 2 is 1.73 bits per heavy atom. The van der Waals surface area contributed by atoms with Gasteiger partial charge in [-0.2, -0.15) is 0 Å². The lowest BCUT2D eigenvalue weighted by Gasteiger charge is -2.25. The van der Waals surface area contributed by atoms with Crippen molar-refractivity contribution in [2.75, 3.05) is 32.8 Å². The standard InChI is InChI=1S/C34H32N4O6/c1-41-31-19-26-28(20-32(31)42-2)35-14-10-30(26)44-25-9-8-23(36-21-25)18-29(39)33-27(37-22-12-16-43-17-13-22)11-15-38(34(33)40)24-6-4-3-5-7-24/h3-11,14-15,19-22,37H,12-13,16-18H2,1-2H3. The number of pyridine rings is 3. The first-order chi connectivity index (χ1) is 21.5. The molecule has 3 aromatic heterocycles. The Hall–Kier alpha value is -5.22. The minimum Gasteiger partial charge on any atom is -0.493 e. The number of para-hydroxylation sites is 1. The van der Waals surface area contributed by atoms with Gasteiger partial charge in [-0.25, -0.2) is 0 Å². The number of carbonyl (C=O) groups excluding carboxylic acids is 1. The largest absolute Gasteiger partial charge is 0.493 e. The third-order valence-corrected chi connectivity index (χ3v) is 7.56. The minimum atomic E-state index is -0.380. The molecular weight excluding hydrogens is 560 g/mol. The third kappa shape index (κ3) is 6.11. The van der Waals surface area contributed by atoms with Gasteiger partial charge < -0.3 is 24.3 Å². The van der Waals surface area contributed by atoms with Crippen LogP contribution < -0.4 is 25.1 Å². The van der Waals surface area contributed by atoms with Crippen molar-refractivity contribution in [3.8, 4) is 28.7 Å². The molecule has 2 aromatic carbocycles. The number of hydrogen-bond donors (Lipinski definition) is 1. The second-order valence-electron chi connectivity index (χ2n) is 10.4. The van der Waals surface area contributed by atoms with Gasteiger partial charge in [0.15, 0.2) is 17.3 Å². The van der Waals surface area contributed by atoms with Gasteiger partial charge >= 0.3 is 0 Å². The summed E-state index contributed by atoms with van der Waals surface area (Å²) in [4.78, 5) is 36.4. The van der Waals surface area contributed by atoms with Crippen LogP contribution in [0.2, 0.25) is 0 Å². The van der Waals surface area contributed by atoms with Crippen LogP contribution in [0.15, 0.2) is 90.1 Å². The zero-order valence-electron chi connectivity index (χ0n) is 24.5. The maximum atomic E-state index is 13.7. The SMILES string of the molecule is COc1cc2nccc(Oc3ccc(CC(=O)c4c(NC5CCOCC5)ccn(-c5ccccc5)c4=O)nc3)c2cc1OC. The number of Topliss-reactive ketones (excluding diaryl/α,β-unsaturated/α-hetero) is 1. The Morgan fingerprint density at radius 1 is 0.955 bits per heavy atom. The summed E-state index contributed by atoms with van der Waals surface area (Å²) in [6.07, 6.45) is 6.46. The number of fused-ring (bicyclic) bond motifs is 1. The van der Waals surface area contributed by atoms with Crippen LogP contribution in [0.25, 0.3) is 16.6 Å². The summed E-state index contributed by atoms with van der Waals surface area (Å²) in [7, 11) is 3.14. The number of aromatic nitrogens is 3. The van der Waals surface area contributed by atoms with Gasteiger partial charge in [-0.1, -0.05) is 18.2 Å². The number of carbonyl (C=O) groups is 1. The molecule has 0 aliphatic carbocycles.